The highest BCUT2D eigenvalue weighted by Gasteiger charge is 2.49. The SMILES string of the molecule is COc1ccc([C@]2(C)NC(=O)N(/N=C\c3cc(C)ccc3C)C2=O)cc1. The number of hydrogen-bond donors (Lipinski definition) is 1. The zero-order valence-electron chi connectivity index (χ0n) is 15.2. The molecule has 0 aromatic heterocycles. The van der Waals surface area contributed by atoms with E-state index in [0.717, 1.165) is 21.7 Å². The van der Waals surface area contributed by atoms with Crippen molar-refractivity contribution in [1.82, 2.24) is 10.3 Å². The van der Waals surface area contributed by atoms with Crippen molar-refractivity contribution in [2.24, 2.45) is 5.10 Å². The fraction of sp³-hybridized carbons (Fsp3) is 0.250. The molecule has 1 N–H and O–H groups in total. The lowest BCUT2D eigenvalue weighted by molar-refractivity contribution is -0.131. The summed E-state index contributed by atoms with van der Waals surface area (Å²) in [6.07, 6.45) is 1.54. The predicted octanol–water partition coefficient (Wildman–Crippen LogP) is 3.11. The van der Waals surface area contributed by atoms with Gasteiger partial charge in [0.25, 0.3) is 5.91 Å². The van der Waals surface area contributed by atoms with Crippen molar-refractivity contribution in [3.05, 3.63) is 64.7 Å². The zero-order chi connectivity index (χ0) is 18.9. The van der Waals surface area contributed by atoms with E-state index in [4.69, 9.17) is 4.74 Å². The first kappa shape index (κ1) is 17.7. The van der Waals surface area contributed by atoms with Crippen molar-refractivity contribution in [3.8, 4) is 5.75 Å². The molecule has 1 saturated heterocycles. The van der Waals surface area contributed by atoms with Crippen LogP contribution in [0.25, 0.3) is 0 Å². The minimum Gasteiger partial charge on any atom is -0.497 e. The van der Waals surface area contributed by atoms with E-state index in [2.05, 4.69) is 10.4 Å². The van der Waals surface area contributed by atoms with E-state index in [-0.39, 0.29) is 0 Å². The molecule has 1 aliphatic heterocycles. The van der Waals surface area contributed by atoms with Gasteiger partial charge in [-0.2, -0.15) is 5.10 Å². The van der Waals surface area contributed by atoms with Gasteiger partial charge in [-0.1, -0.05) is 35.9 Å². The number of methoxy groups -OCH3 is 1. The van der Waals surface area contributed by atoms with Gasteiger partial charge in [0.15, 0.2) is 0 Å². The number of amides is 3. The monoisotopic (exact) mass is 351 g/mol. The van der Waals surface area contributed by atoms with Gasteiger partial charge in [0.05, 0.1) is 13.3 Å². The molecule has 2 aromatic carbocycles. The van der Waals surface area contributed by atoms with E-state index in [1.165, 1.54) is 0 Å². The van der Waals surface area contributed by atoms with Gasteiger partial charge in [-0.15, -0.1) is 5.01 Å². The van der Waals surface area contributed by atoms with Gasteiger partial charge in [-0.25, -0.2) is 4.79 Å². The number of ether oxygens (including phenoxy) is 1. The number of hydrazone groups is 1. The second kappa shape index (κ2) is 6.63. The summed E-state index contributed by atoms with van der Waals surface area (Å²) in [5, 5.41) is 7.74. The lowest BCUT2D eigenvalue weighted by Crippen LogP contribution is -2.40. The Morgan fingerprint density at radius 3 is 2.46 bits per heavy atom. The van der Waals surface area contributed by atoms with Crippen LogP contribution in [0.15, 0.2) is 47.6 Å². The standard InChI is InChI=1S/C20H21N3O3/c1-13-5-6-14(2)15(11-13)12-21-23-18(24)20(3,22-19(23)25)16-7-9-17(26-4)10-8-16/h5-12H,1-4H3,(H,22,25)/b21-12-/t20-/m0/s1. The van der Waals surface area contributed by atoms with Crippen LogP contribution in [-0.2, 0) is 10.3 Å². The van der Waals surface area contributed by atoms with Crippen LogP contribution in [-0.4, -0.2) is 30.3 Å². The number of carbonyl (C=O) groups excluding carboxylic acids is 2. The van der Waals surface area contributed by atoms with Crippen molar-refractivity contribution < 1.29 is 14.3 Å². The van der Waals surface area contributed by atoms with Gasteiger partial charge in [0, 0.05) is 0 Å². The normalized spacial score (nSPS) is 19.9. The number of aryl methyl sites for hydroxylation is 2. The molecule has 0 aliphatic carbocycles. The quantitative estimate of drug-likeness (QED) is 0.680. The molecule has 6 nitrogen and oxygen atoms in total. The van der Waals surface area contributed by atoms with E-state index >= 15 is 0 Å². The number of imide groups is 1. The van der Waals surface area contributed by atoms with Crippen molar-refractivity contribution in [2.75, 3.05) is 7.11 Å². The second-order valence-electron chi connectivity index (χ2n) is 6.51. The predicted molar refractivity (Wildman–Crippen MR) is 99.2 cm³/mol. The van der Waals surface area contributed by atoms with Gasteiger partial charge in [0.2, 0.25) is 0 Å². The Hall–Kier alpha value is -3.15. The van der Waals surface area contributed by atoms with Gasteiger partial charge >= 0.3 is 6.03 Å². The highest BCUT2D eigenvalue weighted by atomic mass is 16.5. The molecule has 6 heteroatoms. The van der Waals surface area contributed by atoms with Gasteiger partial charge in [0.1, 0.15) is 11.3 Å². The second-order valence-corrected chi connectivity index (χ2v) is 6.51. The van der Waals surface area contributed by atoms with Crippen molar-refractivity contribution >= 4 is 18.2 Å². The molecule has 0 radical (unpaired) electrons. The molecule has 0 unspecified atom stereocenters. The van der Waals surface area contributed by atoms with Crippen LogP contribution in [0, 0.1) is 13.8 Å². The summed E-state index contributed by atoms with van der Waals surface area (Å²) < 4.78 is 5.14. The summed E-state index contributed by atoms with van der Waals surface area (Å²) >= 11 is 0. The molecule has 134 valence electrons. The van der Waals surface area contributed by atoms with Crippen LogP contribution >= 0.6 is 0 Å². The molecule has 1 aliphatic rings. The highest BCUT2D eigenvalue weighted by molar-refractivity contribution is 6.07. The third-order valence-electron chi connectivity index (χ3n) is 4.58. The summed E-state index contributed by atoms with van der Waals surface area (Å²) in [6, 6.07) is 12.4. The molecule has 0 spiro atoms. The first-order valence-corrected chi connectivity index (χ1v) is 8.27. The summed E-state index contributed by atoms with van der Waals surface area (Å²) in [4.78, 5) is 25.2. The van der Waals surface area contributed by atoms with E-state index < -0.39 is 17.5 Å². The maximum absolute atomic E-state index is 12.9. The molecule has 1 heterocycles. The molecule has 3 amide bonds. The minimum atomic E-state index is -1.16. The van der Waals surface area contributed by atoms with E-state index in [0.29, 0.717) is 11.3 Å². The molecule has 3 rings (SSSR count). The summed E-state index contributed by atoms with van der Waals surface area (Å²) in [6.45, 7) is 5.60. The number of nitrogens with one attached hydrogen (secondary N) is 1. The van der Waals surface area contributed by atoms with Crippen molar-refractivity contribution in [2.45, 2.75) is 26.3 Å². The summed E-state index contributed by atoms with van der Waals surface area (Å²) in [7, 11) is 1.57. The number of rotatable bonds is 4. The smallest absolute Gasteiger partial charge is 0.346 e. The largest absolute Gasteiger partial charge is 0.497 e. The Morgan fingerprint density at radius 2 is 1.81 bits per heavy atom. The number of benzene rings is 2. The molecule has 0 saturated carbocycles. The van der Waals surface area contributed by atoms with E-state index in [1.54, 1.807) is 44.5 Å². The van der Waals surface area contributed by atoms with Gasteiger partial charge < -0.3 is 10.1 Å². The maximum atomic E-state index is 12.9. The molecule has 1 fully saturated rings. The van der Waals surface area contributed by atoms with Crippen LogP contribution in [0.4, 0.5) is 4.79 Å². The fourth-order valence-corrected chi connectivity index (χ4v) is 2.87. The molecular weight excluding hydrogens is 330 g/mol. The summed E-state index contributed by atoms with van der Waals surface area (Å²) in [5.74, 6) is 0.258. The number of hydrogen-bond acceptors (Lipinski definition) is 4. The van der Waals surface area contributed by atoms with Crippen LogP contribution in [0.5, 0.6) is 5.75 Å². The molecule has 0 bridgehead atoms. The van der Waals surface area contributed by atoms with Crippen LogP contribution in [0.3, 0.4) is 0 Å². The topological polar surface area (TPSA) is 71.0 Å². The molecule has 2 aromatic rings. The Balaban J connectivity index is 1.88. The van der Waals surface area contributed by atoms with Crippen molar-refractivity contribution in [1.29, 1.82) is 0 Å². The number of nitrogens with zero attached hydrogens (tertiary/aromatic N) is 2. The van der Waals surface area contributed by atoms with Gasteiger partial charge in [-0.3, -0.25) is 4.79 Å². The fourth-order valence-electron chi connectivity index (χ4n) is 2.87. The average molecular weight is 351 g/mol. The zero-order valence-corrected chi connectivity index (χ0v) is 15.2. The number of urea groups is 1. The minimum absolute atomic E-state index is 0.422. The first-order chi connectivity index (χ1) is 12.3. The van der Waals surface area contributed by atoms with E-state index in [9.17, 15) is 9.59 Å². The van der Waals surface area contributed by atoms with Crippen LogP contribution < -0.4 is 10.1 Å². The van der Waals surface area contributed by atoms with Crippen LogP contribution in [0.1, 0.15) is 29.2 Å². The van der Waals surface area contributed by atoms with Crippen LogP contribution in [0.2, 0.25) is 0 Å². The first-order valence-electron chi connectivity index (χ1n) is 8.27. The van der Waals surface area contributed by atoms with Gasteiger partial charge in [-0.05, 0) is 49.6 Å². The highest BCUT2D eigenvalue weighted by Crippen LogP contribution is 2.30. The third-order valence-corrected chi connectivity index (χ3v) is 4.58. The maximum Gasteiger partial charge on any atom is 0.346 e. The van der Waals surface area contributed by atoms with E-state index in [1.807, 2.05) is 32.0 Å². The lowest BCUT2D eigenvalue weighted by atomic mass is 9.92. The Kier molecular flexibility index (Phi) is 4.50. The number of carbonyl (C=O) groups is 2. The molecule has 26 heavy (non-hydrogen) atoms. The third kappa shape index (κ3) is 3.06. The van der Waals surface area contributed by atoms with Crippen molar-refractivity contribution in [3.63, 3.8) is 0 Å². The molecular formula is C20H21N3O3. The molecule has 1 atom stereocenters. The Bertz CT molecular complexity index is 890. The summed E-state index contributed by atoms with van der Waals surface area (Å²) in [5.41, 5.74) is 2.47. The lowest BCUT2D eigenvalue weighted by Gasteiger charge is -2.21. The Morgan fingerprint density at radius 1 is 1.12 bits per heavy atom. The Labute approximate surface area is 152 Å². The average Bonchev–Trinajstić information content (AvgIpc) is 2.86.